The minimum absolute atomic E-state index is 0.342. The van der Waals surface area contributed by atoms with Gasteiger partial charge in [-0.1, -0.05) is 17.3 Å². The molecular weight excluding hydrogens is 381 g/mol. The number of nitrogens with zero attached hydrogens (tertiary/aromatic N) is 2. The number of rotatable bonds is 5. The third-order valence-electron chi connectivity index (χ3n) is 3.71. The molecule has 0 amide bonds. The van der Waals surface area contributed by atoms with Gasteiger partial charge in [-0.25, -0.2) is 0 Å². The fourth-order valence-corrected chi connectivity index (χ4v) is 2.71. The Kier molecular flexibility index (Phi) is 4.28. The third-order valence-corrected chi connectivity index (χ3v) is 4.65. The zero-order valence-corrected chi connectivity index (χ0v) is 14.0. The molecule has 1 fully saturated rings. The first-order valence-corrected chi connectivity index (χ1v) is 8.14. The molecule has 2 N–H and O–H groups in total. The van der Waals surface area contributed by atoms with Crippen molar-refractivity contribution in [2.24, 2.45) is 5.73 Å². The predicted octanol–water partition coefficient (Wildman–Crippen LogP) is 3.08. The topological polar surface area (TPSA) is 74.2 Å². The van der Waals surface area contributed by atoms with Gasteiger partial charge in [-0.15, -0.1) is 0 Å². The van der Waals surface area contributed by atoms with Crippen LogP contribution in [0.2, 0.25) is 0 Å². The summed E-state index contributed by atoms with van der Waals surface area (Å²) < 4.78 is 12.2. The molecule has 1 aliphatic rings. The van der Waals surface area contributed by atoms with Gasteiger partial charge in [0.05, 0.1) is 18.3 Å². The molecule has 0 spiro atoms. The van der Waals surface area contributed by atoms with Crippen molar-refractivity contribution in [3.05, 3.63) is 33.7 Å². The maximum atomic E-state index is 6.28. The van der Waals surface area contributed by atoms with Crippen molar-refractivity contribution in [1.82, 2.24) is 10.1 Å². The van der Waals surface area contributed by atoms with Crippen molar-refractivity contribution in [2.75, 3.05) is 6.61 Å². The third kappa shape index (κ3) is 3.27. The zero-order valence-electron chi connectivity index (χ0n) is 11.9. The molecule has 3 rings (SSSR count). The van der Waals surface area contributed by atoms with Gasteiger partial charge in [-0.3, -0.25) is 0 Å². The Hall–Kier alpha value is -0.990. The van der Waals surface area contributed by atoms with E-state index in [1.807, 2.05) is 31.2 Å². The summed E-state index contributed by atoms with van der Waals surface area (Å²) in [5.41, 5.74) is 6.47. The predicted molar refractivity (Wildman–Crippen MR) is 87.6 cm³/mol. The highest BCUT2D eigenvalue weighted by atomic mass is 127. The van der Waals surface area contributed by atoms with Crippen molar-refractivity contribution >= 4 is 22.6 Å². The second-order valence-corrected chi connectivity index (χ2v) is 6.85. The number of aromatic nitrogens is 2. The molecule has 1 heterocycles. The average Bonchev–Trinajstić information content (AvgIpc) is 2.87. The zero-order chi connectivity index (χ0) is 14.9. The largest absolute Gasteiger partial charge is 0.376 e. The fourth-order valence-electron chi connectivity index (χ4n) is 2.09. The van der Waals surface area contributed by atoms with Crippen molar-refractivity contribution in [3.8, 4) is 11.5 Å². The first-order valence-electron chi connectivity index (χ1n) is 7.06. The fraction of sp³-hybridized carbons (Fsp3) is 0.467. The second-order valence-electron chi connectivity index (χ2n) is 5.68. The number of halogens is 1. The summed E-state index contributed by atoms with van der Waals surface area (Å²) in [6.45, 7) is 2.28. The summed E-state index contributed by atoms with van der Waals surface area (Å²) in [7, 11) is 0. The molecule has 112 valence electrons. The Balaban J connectivity index is 1.75. The van der Waals surface area contributed by atoms with Crippen LogP contribution >= 0.6 is 22.6 Å². The molecule has 6 heteroatoms. The monoisotopic (exact) mass is 399 g/mol. The lowest BCUT2D eigenvalue weighted by Gasteiger charge is -2.29. The Bertz CT molecular complexity index is 623. The Morgan fingerprint density at radius 3 is 2.86 bits per heavy atom. The van der Waals surface area contributed by atoms with E-state index in [2.05, 4.69) is 32.7 Å². The van der Waals surface area contributed by atoms with E-state index < -0.39 is 5.54 Å². The normalized spacial score (nSPS) is 18.2. The van der Waals surface area contributed by atoms with Gasteiger partial charge in [-0.05, 0) is 60.9 Å². The van der Waals surface area contributed by atoms with E-state index in [1.165, 1.54) is 6.42 Å². The maximum Gasteiger partial charge on any atom is 0.259 e. The van der Waals surface area contributed by atoms with E-state index >= 15 is 0 Å². The molecule has 1 unspecified atom stereocenters. The van der Waals surface area contributed by atoms with Gasteiger partial charge in [0.1, 0.15) is 5.54 Å². The highest BCUT2D eigenvalue weighted by Crippen LogP contribution is 2.27. The molecule has 1 saturated carbocycles. The van der Waals surface area contributed by atoms with E-state index in [0.717, 1.165) is 22.0 Å². The molecule has 1 atom stereocenters. The van der Waals surface area contributed by atoms with Crippen LogP contribution < -0.4 is 5.73 Å². The van der Waals surface area contributed by atoms with Gasteiger partial charge in [0, 0.05) is 3.57 Å². The van der Waals surface area contributed by atoms with Gasteiger partial charge in [0.15, 0.2) is 5.82 Å². The Morgan fingerprint density at radius 1 is 1.43 bits per heavy atom. The number of benzene rings is 1. The smallest absolute Gasteiger partial charge is 0.259 e. The molecule has 1 aliphatic carbocycles. The summed E-state index contributed by atoms with van der Waals surface area (Å²) in [6, 6.07) is 7.88. The van der Waals surface area contributed by atoms with E-state index in [-0.39, 0.29) is 0 Å². The van der Waals surface area contributed by atoms with Crippen LogP contribution in [0.1, 0.15) is 32.0 Å². The number of hydrogen-bond acceptors (Lipinski definition) is 5. The molecule has 1 aromatic heterocycles. The lowest BCUT2D eigenvalue weighted by atomic mass is 9.95. The summed E-state index contributed by atoms with van der Waals surface area (Å²) in [5.74, 6) is 0.979. The van der Waals surface area contributed by atoms with Crippen molar-refractivity contribution in [3.63, 3.8) is 0 Å². The summed E-state index contributed by atoms with van der Waals surface area (Å²) in [5, 5.41) is 4.03. The van der Waals surface area contributed by atoms with Gasteiger partial charge >= 0.3 is 0 Å². The quantitative estimate of drug-likeness (QED) is 0.783. The Morgan fingerprint density at radius 2 is 2.19 bits per heavy atom. The molecule has 0 saturated heterocycles. The number of hydrogen-bond donors (Lipinski definition) is 1. The lowest BCUT2D eigenvalue weighted by Crippen LogP contribution is -2.41. The SMILES string of the molecule is CC(N)(COC1CCC1)c1noc(-c2ccccc2I)n1. The van der Waals surface area contributed by atoms with E-state index in [1.54, 1.807) is 0 Å². The van der Waals surface area contributed by atoms with Crippen LogP contribution in [0.15, 0.2) is 28.8 Å². The average molecular weight is 399 g/mol. The lowest BCUT2D eigenvalue weighted by molar-refractivity contribution is -0.0222. The Labute approximate surface area is 137 Å². The standard InChI is InChI=1S/C15H18IN3O2/c1-15(17,9-20-10-5-4-6-10)14-18-13(21-19-14)11-7-2-3-8-12(11)16/h2-3,7-8,10H,4-6,9,17H2,1H3. The number of ether oxygens (including phenoxy) is 1. The molecule has 5 nitrogen and oxygen atoms in total. The maximum absolute atomic E-state index is 6.28. The van der Waals surface area contributed by atoms with Crippen LogP contribution in [-0.2, 0) is 10.3 Å². The van der Waals surface area contributed by atoms with E-state index in [4.69, 9.17) is 15.0 Å². The van der Waals surface area contributed by atoms with Crippen LogP contribution in [0, 0.1) is 3.57 Å². The molecule has 2 aromatic rings. The number of nitrogens with two attached hydrogens (primary N) is 1. The van der Waals surface area contributed by atoms with Crippen molar-refractivity contribution in [2.45, 2.75) is 37.8 Å². The summed E-state index contributed by atoms with van der Waals surface area (Å²) in [4.78, 5) is 4.45. The first kappa shape index (κ1) is 14.9. The van der Waals surface area contributed by atoms with Crippen LogP contribution in [0.3, 0.4) is 0 Å². The molecular formula is C15H18IN3O2. The molecule has 0 aliphatic heterocycles. The molecule has 1 aromatic carbocycles. The van der Waals surface area contributed by atoms with E-state index in [0.29, 0.717) is 24.4 Å². The van der Waals surface area contributed by atoms with Gasteiger partial charge < -0.3 is 15.0 Å². The first-order chi connectivity index (χ1) is 10.1. The minimum Gasteiger partial charge on any atom is -0.376 e. The summed E-state index contributed by atoms with van der Waals surface area (Å²) >= 11 is 2.25. The van der Waals surface area contributed by atoms with Crippen LogP contribution in [-0.4, -0.2) is 22.9 Å². The van der Waals surface area contributed by atoms with Crippen molar-refractivity contribution < 1.29 is 9.26 Å². The summed E-state index contributed by atoms with van der Waals surface area (Å²) in [6.07, 6.45) is 3.82. The highest BCUT2D eigenvalue weighted by molar-refractivity contribution is 14.1. The highest BCUT2D eigenvalue weighted by Gasteiger charge is 2.30. The van der Waals surface area contributed by atoms with Crippen molar-refractivity contribution in [1.29, 1.82) is 0 Å². The minimum atomic E-state index is -0.739. The molecule has 0 bridgehead atoms. The van der Waals surface area contributed by atoms with Crippen LogP contribution in [0.5, 0.6) is 0 Å². The van der Waals surface area contributed by atoms with Gasteiger partial charge in [-0.2, -0.15) is 4.98 Å². The van der Waals surface area contributed by atoms with Gasteiger partial charge in [0.2, 0.25) is 0 Å². The second kappa shape index (κ2) is 6.02. The van der Waals surface area contributed by atoms with E-state index in [9.17, 15) is 0 Å². The molecule has 21 heavy (non-hydrogen) atoms. The van der Waals surface area contributed by atoms with Crippen LogP contribution in [0.25, 0.3) is 11.5 Å². The molecule has 0 radical (unpaired) electrons. The van der Waals surface area contributed by atoms with Crippen LogP contribution in [0.4, 0.5) is 0 Å². The van der Waals surface area contributed by atoms with Gasteiger partial charge in [0.25, 0.3) is 5.89 Å².